The third-order valence-electron chi connectivity index (χ3n) is 4.80. The summed E-state index contributed by atoms with van der Waals surface area (Å²) in [6.07, 6.45) is 1.72. The molecule has 0 unspecified atom stereocenters. The summed E-state index contributed by atoms with van der Waals surface area (Å²) in [5.41, 5.74) is 1.99. The predicted octanol–water partition coefficient (Wildman–Crippen LogP) is 3.10. The van der Waals surface area contributed by atoms with Gasteiger partial charge >= 0.3 is 0 Å². The average molecular weight is 398 g/mol. The lowest BCUT2D eigenvalue weighted by Crippen LogP contribution is -2.49. The van der Waals surface area contributed by atoms with Gasteiger partial charge in [-0.3, -0.25) is 9.89 Å². The monoisotopic (exact) mass is 397 g/mol. The fourth-order valence-electron chi connectivity index (χ4n) is 3.33. The highest BCUT2D eigenvalue weighted by atomic mass is 35.5. The van der Waals surface area contributed by atoms with Crippen molar-refractivity contribution in [2.45, 2.75) is 0 Å². The topological polar surface area (TPSA) is 74.3 Å². The largest absolute Gasteiger partial charge is 0.496 e. The number of methoxy groups -OCH3 is 1. The highest BCUT2D eigenvalue weighted by molar-refractivity contribution is 6.32. The number of aromatic nitrogens is 3. The van der Waals surface area contributed by atoms with E-state index in [1.165, 1.54) is 0 Å². The van der Waals surface area contributed by atoms with Crippen LogP contribution in [0.5, 0.6) is 5.75 Å². The van der Waals surface area contributed by atoms with E-state index in [1.54, 1.807) is 19.4 Å². The lowest BCUT2D eigenvalue weighted by atomic mass is 10.1. The van der Waals surface area contributed by atoms with Crippen molar-refractivity contribution in [3.05, 3.63) is 59.4 Å². The Morgan fingerprint density at radius 1 is 1.14 bits per heavy atom. The maximum Gasteiger partial charge on any atom is 0.272 e. The molecule has 0 radical (unpaired) electrons. The predicted molar refractivity (Wildman–Crippen MR) is 108 cm³/mol. The summed E-state index contributed by atoms with van der Waals surface area (Å²) >= 11 is 6.23. The maximum atomic E-state index is 12.9. The Labute approximate surface area is 167 Å². The molecule has 0 atom stereocenters. The lowest BCUT2D eigenvalue weighted by molar-refractivity contribution is 0.0740. The van der Waals surface area contributed by atoms with Crippen LogP contribution >= 0.6 is 11.6 Å². The van der Waals surface area contributed by atoms with Crippen LogP contribution in [0.1, 0.15) is 10.5 Å². The third-order valence-corrected chi connectivity index (χ3v) is 5.09. The first-order valence-electron chi connectivity index (χ1n) is 9.01. The van der Waals surface area contributed by atoms with Gasteiger partial charge in [-0.25, -0.2) is 4.98 Å². The Hall–Kier alpha value is -3.06. The number of ether oxygens (including phenoxy) is 1. The van der Waals surface area contributed by atoms with E-state index in [0.717, 1.165) is 11.4 Å². The number of hydrogen-bond acceptors (Lipinski definition) is 5. The van der Waals surface area contributed by atoms with Crippen LogP contribution in [0.2, 0.25) is 5.02 Å². The number of carbonyl (C=O) groups excluding carboxylic acids is 1. The molecule has 3 aromatic rings. The molecule has 1 aliphatic rings. The van der Waals surface area contributed by atoms with Gasteiger partial charge in [0.25, 0.3) is 5.91 Å². The van der Waals surface area contributed by atoms with Crippen molar-refractivity contribution in [1.82, 2.24) is 20.1 Å². The molecule has 4 rings (SSSR count). The second kappa shape index (κ2) is 7.90. The Balaban J connectivity index is 1.45. The van der Waals surface area contributed by atoms with Crippen molar-refractivity contribution in [2.24, 2.45) is 0 Å². The summed E-state index contributed by atoms with van der Waals surface area (Å²) < 4.78 is 5.38. The number of nitrogens with zero attached hydrogens (tertiary/aromatic N) is 4. The second-order valence-electron chi connectivity index (χ2n) is 6.46. The molecule has 7 nitrogen and oxygen atoms in total. The van der Waals surface area contributed by atoms with E-state index < -0.39 is 0 Å². The molecule has 1 N–H and O–H groups in total. The summed E-state index contributed by atoms with van der Waals surface area (Å²) in [5, 5.41) is 7.78. The Bertz CT molecular complexity index is 982. The van der Waals surface area contributed by atoms with Gasteiger partial charge in [0.05, 0.1) is 17.8 Å². The number of benzene rings is 1. The second-order valence-corrected chi connectivity index (χ2v) is 6.86. The number of halogens is 1. The van der Waals surface area contributed by atoms with Crippen LogP contribution in [0.3, 0.4) is 0 Å². The Morgan fingerprint density at radius 3 is 2.68 bits per heavy atom. The molecule has 28 heavy (non-hydrogen) atoms. The number of amides is 1. The zero-order valence-electron chi connectivity index (χ0n) is 15.4. The van der Waals surface area contributed by atoms with Crippen molar-refractivity contribution in [1.29, 1.82) is 0 Å². The zero-order valence-corrected chi connectivity index (χ0v) is 16.2. The number of para-hydroxylation sites is 1. The molecule has 1 aromatic carbocycles. The minimum atomic E-state index is -0.0691. The van der Waals surface area contributed by atoms with Crippen molar-refractivity contribution in [3.63, 3.8) is 0 Å². The van der Waals surface area contributed by atoms with E-state index in [4.69, 9.17) is 16.3 Å². The first-order chi connectivity index (χ1) is 13.7. The standard InChI is InChI=1S/C20H20ClN5O2/c1-28-18-7-3-2-5-14(18)16-13-17(24-23-16)20(27)26-11-9-25(10-12-26)19-15(21)6-4-8-22-19/h2-8,13H,9-12H2,1H3,(H,23,24). The van der Waals surface area contributed by atoms with E-state index in [-0.39, 0.29) is 5.91 Å². The number of anilines is 1. The molecular weight excluding hydrogens is 378 g/mol. The Kier molecular flexibility index (Phi) is 5.16. The fraction of sp³-hybridized carbons (Fsp3) is 0.250. The van der Waals surface area contributed by atoms with Crippen LogP contribution in [-0.4, -0.2) is 59.3 Å². The van der Waals surface area contributed by atoms with Gasteiger partial charge in [-0.15, -0.1) is 0 Å². The van der Waals surface area contributed by atoms with Crippen LogP contribution in [0.4, 0.5) is 5.82 Å². The molecule has 2 aromatic heterocycles. The van der Waals surface area contributed by atoms with E-state index >= 15 is 0 Å². The number of nitrogens with one attached hydrogen (secondary N) is 1. The fourth-order valence-corrected chi connectivity index (χ4v) is 3.57. The molecule has 0 saturated carbocycles. The van der Waals surface area contributed by atoms with Gasteiger partial charge in [0.2, 0.25) is 0 Å². The van der Waals surface area contributed by atoms with Crippen LogP contribution in [0, 0.1) is 0 Å². The molecule has 0 spiro atoms. The quantitative estimate of drug-likeness (QED) is 0.732. The van der Waals surface area contributed by atoms with E-state index in [2.05, 4.69) is 20.1 Å². The smallest absolute Gasteiger partial charge is 0.272 e. The van der Waals surface area contributed by atoms with Crippen LogP contribution in [0.25, 0.3) is 11.3 Å². The van der Waals surface area contributed by atoms with Gasteiger partial charge in [-0.2, -0.15) is 5.10 Å². The number of piperazine rings is 1. The summed E-state index contributed by atoms with van der Waals surface area (Å²) in [4.78, 5) is 21.1. The SMILES string of the molecule is COc1ccccc1-c1cc(C(=O)N2CCN(c3ncccc3Cl)CC2)[nH]n1. The minimum Gasteiger partial charge on any atom is -0.496 e. The van der Waals surface area contributed by atoms with Crippen molar-refractivity contribution in [2.75, 3.05) is 38.2 Å². The molecular formula is C20H20ClN5O2. The van der Waals surface area contributed by atoms with Crippen molar-refractivity contribution >= 4 is 23.3 Å². The summed E-state index contributed by atoms with van der Waals surface area (Å²) in [6.45, 7) is 2.54. The van der Waals surface area contributed by atoms with Gasteiger partial charge in [-0.1, -0.05) is 23.7 Å². The molecule has 0 bridgehead atoms. The Morgan fingerprint density at radius 2 is 1.93 bits per heavy atom. The molecule has 144 valence electrons. The van der Waals surface area contributed by atoms with Gasteiger partial charge < -0.3 is 14.5 Å². The highest BCUT2D eigenvalue weighted by Crippen LogP contribution is 2.29. The zero-order chi connectivity index (χ0) is 19.5. The first kappa shape index (κ1) is 18.3. The van der Waals surface area contributed by atoms with Crippen molar-refractivity contribution in [3.8, 4) is 17.0 Å². The molecule has 1 aliphatic heterocycles. The minimum absolute atomic E-state index is 0.0691. The van der Waals surface area contributed by atoms with Gasteiger partial charge in [-0.05, 0) is 30.3 Å². The van der Waals surface area contributed by atoms with Gasteiger partial charge in [0.1, 0.15) is 17.3 Å². The molecule has 1 saturated heterocycles. The molecule has 3 heterocycles. The van der Waals surface area contributed by atoms with Crippen molar-refractivity contribution < 1.29 is 9.53 Å². The lowest BCUT2D eigenvalue weighted by Gasteiger charge is -2.35. The number of hydrogen-bond donors (Lipinski definition) is 1. The van der Waals surface area contributed by atoms with E-state index in [0.29, 0.717) is 48.3 Å². The summed E-state index contributed by atoms with van der Waals surface area (Å²) in [7, 11) is 1.62. The molecule has 0 aliphatic carbocycles. The summed E-state index contributed by atoms with van der Waals surface area (Å²) in [6, 6.07) is 13.0. The van der Waals surface area contributed by atoms with Gasteiger partial charge in [0, 0.05) is 37.9 Å². The van der Waals surface area contributed by atoms with Gasteiger partial charge in [0.15, 0.2) is 0 Å². The number of H-pyrrole nitrogens is 1. The number of aromatic amines is 1. The number of carbonyl (C=O) groups is 1. The van der Waals surface area contributed by atoms with Crippen LogP contribution < -0.4 is 9.64 Å². The average Bonchev–Trinajstić information content (AvgIpc) is 3.24. The van der Waals surface area contributed by atoms with E-state index in [9.17, 15) is 4.79 Å². The highest BCUT2D eigenvalue weighted by Gasteiger charge is 2.25. The van der Waals surface area contributed by atoms with Crippen LogP contribution in [-0.2, 0) is 0 Å². The van der Waals surface area contributed by atoms with Crippen LogP contribution in [0.15, 0.2) is 48.7 Å². The normalized spacial score (nSPS) is 14.2. The first-order valence-corrected chi connectivity index (χ1v) is 9.38. The molecule has 8 heteroatoms. The third kappa shape index (κ3) is 3.53. The number of pyridine rings is 1. The number of rotatable bonds is 4. The molecule has 1 fully saturated rings. The molecule has 1 amide bonds. The summed E-state index contributed by atoms with van der Waals surface area (Å²) in [5.74, 6) is 1.41. The van der Waals surface area contributed by atoms with E-state index in [1.807, 2.05) is 41.3 Å². The maximum absolute atomic E-state index is 12.9.